The van der Waals surface area contributed by atoms with Gasteiger partial charge in [-0.2, -0.15) is 5.10 Å². The smallest absolute Gasteiger partial charge is 0.264 e. The van der Waals surface area contributed by atoms with E-state index in [2.05, 4.69) is 26.5 Å². The molecule has 0 aromatic heterocycles. The van der Waals surface area contributed by atoms with Gasteiger partial charge in [0, 0.05) is 16.7 Å². The Bertz CT molecular complexity index is 1800. The molecule has 236 valence electrons. The number of benzene rings is 4. The highest BCUT2D eigenvalue weighted by atomic mass is 79.9. The second-order valence-electron chi connectivity index (χ2n) is 9.57. The Labute approximate surface area is 275 Å². The first kappa shape index (κ1) is 33.6. The van der Waals surface area contributed by atoms with Gasteiger partial charge in [-0.25, -0.2) is 13.8 Å². The molecule has 0 atom stereocenters. The molecule has 0 bridgehead atoms. The van der Waals surface area contributed by atoms with E-state index in [0.717, 1.165) is 15.4 Å². The zero-order valence-corrected chi connectivity index (χ0v) is 28.1. The Morgan fingerprint density at radius 1 is 0.933 bits per heavy atom. The summed E-state index contributed by atoms with van der Waals surface area (Å²) >= 11 is 9.74. The molecule has 0 aliphatic heterocycles. The third-order valence-electron chi connectivity index (χ3n) is 6.54. The van der Waals surface area contributed by atoms with E-state index < -0.39 is 22.5 Å². The van der Waals surface area contributed by atoms with E-state index >= 15 is 0 Å². The highest BCUT2D eigenvalue weighted by Crippen LogP contribution is 2.37. The lowest BCUT2D eigenvalue weighted by molar-refractivity contribution is -0.119. The first-order valence-corrected chi connectivity index (χ1v) is 16.1. The van der Waals surface area contributed by atoms with Crippen molar-refractivity contribution in [3.63, 3.8) is 0 Å². The fourth-order valence-electron chi connectivity index (χ4n) is 4.20. The van der Waals surface area contributed by atoms with E-state index in [1.807, 2.05) is 25.1 Å². The number of ether oxygens (including phenoxy) is 4. The van der Waals surface area contributed by atoms with Gasteiger partial charge in [-0.05, 0) is 70.9 Å². The summed E-state index contributed by atoms with van der Waals surface area (Å²) in [4.78, 5) is 13.1. The molecule has 0 saturated carbocycles. The number of nitrogens with one attached hydrogen (secondary N) is 1. The lowest BCUT2D eigenvalue weighted by atomic mass is 10.2. The molecule has 4 rings (SSSR count). The average molecular weight is 717 g/mol. The van der Waals surface area contributed by atoms with E-state index in [9.17, 15) is 13.2 Å². The Morgan fingerprint density at radius 3 is 2.29 bits per heavy atom. The molecule has 13 heteroatoms. The Hall–Kier alpha value is -4.26. The molecule has 0 spiro atoms. The van der Waals surface area contributed by atoms with E-state index in [1.165, 1.54) is 51.8 Å². The summed E-state index contributed by atoms with van der Waals surface area (Å²) in [6.45, 7) is 1.51. The Balaban J connectivity index is 1.53. The molecule has 0 unspecified atom stereocenters. The van der Waals surface area contributed by atoms with Crippen LogP contribution in [-0.4, -0.2) is 48.4 Å². The number of amides is 1. The van der Waals surface area contributed by atoms with Crippen LogP contribution in [0.4, 0.5) is 5.69 Å². The van der Waals surface area contributed by atoms with Crippen LogP contribution in [0.5, 0.6) is 23.0 Å². The number of anilines is 1. The van der Waals surface area contributed by atoms with Crippen molar-refractivity contribution in [2.24, 2.45) is 5.10 Å². The van der Waals surface area contributed by atoms with E-state index in [-0.39, 0.29) is 17.2 Å². The molecule has 4 aromatic carbocycles. The minimum atomic E-state index is -4.16. The zero-order valence-electron chi connectivity index (χ0n) is 24.9. The molecule has 0 saturated heterocycles. The number of carbonyl (C=O) groups is 1. The standard InChI is InChI=1S/C32H31BrClN3O7S/c1-21-9-12-25(13-10-21)45(39,40)37(24-11-14-28(41-2)29(17-24)42-3)19-31(38)36-35-18-22-15-26(33)32(30(16-22)43-4)44-20-23-7-5-6-8-27(23)34/h5-18H,19-20H2,1-4H3,(H,36,38)/b35-18-. The van der Waals surface area contributed by atoms with Crippen molar-refractivity contribution in [1.29, 1.82) is 0 Å². The van der Waals surface area contributed by atoms with E-state index in [1.54, 1.807) is 36.4 Å². The van der Waals surface area contributed by atoms with Crippen LogP contribution in [0, 0.1) is 6.92 Å². The lowest BCUT2D eigenvalue weighted by Crippen LogP contribution is -2.39. The van der Waals surface area contributed by atoms with Crippen molar-refractivity contribution in [3.8, 4) is 23.0 Å². The Morgan fingerprint density at radius 2 is 1.62 bits per heavy atom. The molecule has 0 aliphatic carbocycles. The van der Waals surface area contributed by atoms with Gasteiger partial charge >= 0.3 is 0 Å². The highest BCUT2D eigenvalue weighted by Gasteiger charge is 2.28. The largest absolute Gasteiger partial charge is 0.493 e. The molecule has 1 amide bonds. The van der Waals surface area contributed by atoms with Crippen LogP contribution in [0.3, 0.4) is 0 Å². The minimum absolute atomic E-state index is 0.0213. The van der Waals surface area contributed by atoms with Gasteiger partial charge in [-0.3, -0.25) is 9.10 Å². The van der Waals surface area contributed by atoms with Crippen LogP contribution in [0.25, 0.3) is 0 Å². The monoisotopic (exact) mass is 715 g/mol. The number of sulfonamides is 1. The molecule has 0 radical (unpaired) electrons. The van der Waals surface area contributed by atoms with Gasteiger partial charge in [0.1, 0.15) is 13.2 Å². The summed E-state index contributed by atoms with van der Waals surface area (Å²) in [5.41, 5.74) is 4.89. The van der Waals surface area contributed by atoms with Gasteiger partial charge in [0.15, 0.2) is 23.0 Å². The quantitative estimate of drug-likeness (QED) is 0.127. The second kappa shape index (κ2) is 15.2. The topological polar surface area (TPSA) is 116 Å². The number of methoxy groups -OCH3 is 3. The van der Waals surface area contributed by atoms with Crippen molar-refractivity contribution in [3.05, 3.63) is 105 Å². The summed E-state index contributed by atoms with van der Waals surface area (Å²) in [5, 5.41) is 4.63. The first-order chi connectivity index (χ1) is 21.6. The zero-order chi connectivity index (χ0) is 32.6. The number of hydrogen-bond donors (Lipinski definition) is 1. The molecule has 0 heterocycles. The van der Waals surface area contributed by atoms with E-state index in [4.69, 9.17) is 30.5 Å². The van der Waals surface area contributed by atoms with Crippen LogP contribution in [0.2, 0.25) is 5.02 Å². The number of hydrazone groups is 1. The van der Waals surface area contributed by atoms with Gasteiger partial charge in [-0.15, -0.1) is 0 Å². The molecule has 0 fully saturated rings. The summed E-state index contributed by atoms with van der Waals surface area (Å²) in [7, 11) is 0.257. The number of rotatable bonds is 13. The predicted octanol–water partition coefficient (Wildman–Crippen LogP) is 6.36. The summed E-state index contributed by atoms with van der Waals surface area (Å²) in [5.74, 6) is 0.919. The number of aryl methyl sites for hydroxylation is 1. The van der Waals surface area contributed by atoms with Gasteiger partial charge < -0.3 is 18.9 Å². The molecule has 10 nitrogen and oxygen atoms in total. The summed E-state index contributed by atoms with van der Waals surface area (Å²) in [6, 6.07) is 21.7. The molecule has 45 heavy (non-hydrogen) atoms. The number of carbonyl (C=O) groups excluding carboxylic acids is 1. The van der Waals surface area contributed by atoms with Crippen molar-refractivity contribution >= 4 is 55.4 Å². The SMILES string of the molecule is COc1ccc(N(CC(=O)N/N=C\c2cc(Br)c(OCc3ccccc3Cl)c(OC)c2)S(=O)(=O)c2ccc(C)cc2)cc1OC. The van der Waals surface area contributed by atoms with Gasteiger partial charge in [0.2, 0.25) is 0 Å². The fourth-order valence-corrected chi connectivity index (χ4v) is 6.37. The second-order valence-corrected chi connectivity index (χ2v) is 12.7. The average Bonchev–Trinajstić information content (AvgIpc) is 3.03. The maximum atomic E-state index is 13.7. The maximum Gasteiger partial charge on any atom is 0.264 e. The van der Waals surface area contributed by atoms with E-state index in [0.29, 0.717) is 38.1 Å². The number of halogens is 2. The van der Waals surface area contributed by atoms with Crippen LogP contribution < -0.4 is 28.7 Å². The van der Waals surface area contributed by atoms with Crippen LogP contribution in [0.1, 0.15) is 16.7 Å². The van der Waals surface area contributed by atoms with Crippen LogP contribution in [0.15, 0.2) is 93.3 Å². The van der Waals surface area contributed by atoms with Crippen molar-refractivity contribution in [1.82, 2.24) is 5.43 Å². The Kier molecular flexibility index (Phi) is 11.3. The normalized spacial score (nSPS) is 11.2. The predicted molar refractivity (Wildman–Crippen MR) is 177 cm³/mol. The minimum Gasteiger partial charge on any atom is -0.493 e. The molecular weight excluding hydrogens is 686 g/mol. The van der Waals surface area contributed by atoms with Gasteiger partial charge in [0.25, 0.3) is 15.9 Å². The lowest BCUT2D eigenvalue weighted by Gasteiger charge is -2.24. The maximum absolute atomic E-state index is 13.7. The van der Waals surface area contributed by atoms with Crippen molar-refractivity contribution in [2.75, 3.05) is 32.2 Å². The molecule has 4 aromatic rings. The molecule has 0 aliphatic rings. The summed E-state index contributed by atoms with van der Waals surface area (Å²) in [6.07, 6.45) is 1.40. The molecular formula is C32H31BrClN3O7S. The van der Waals surface area contributed by atoms with Crippen molar-refractivity contribution < 1.29 is 32.2 Å². The summed E-state index contributed by atoms with van der Waals surface area (Å²) < 4.78 is 51.1. The first-order valence-electron chi connectivity index (χ1n) is 13.4. The third-order valence-corrected chi connectivity index (χ3v) is 9.28. The number of hydrogen-bond acceptors (Lipinski definition) is 8. The molecule has 1 N–H and O–H groups in total. The van der Waals surface area contributed by atoms with Crippen molar-refractivity contribution in [2.45, 2.75) is 18.4 Å². The number of nitrogens with zero attached hydrogens (tertiary/aromatic N) is 2. The van der Waals surface area contributed by atoms with Gasteiger partial charge in [0.05, 0.1) is 42.6 Å². The highest BCUT2D eigenvalue weighted by molar-refractivity contribution is 9.10. The third kappa shape index (κ3) is 8.27. The van der Waals surface area contributed by atoms with Crippen LogP contribution >= 0.6 is 27.5 Å². The van der Waals surface area contributed by atoms with Gasteiger partial charge in [-0.1, -0.05) is 47.5 Å². The van der Waals surface area contributed by atoms with Crippen LogP contribution in [-0.2, 0) is 21.4 Å². The fraction of sp³-hybridized carbons (Fsp3) is 0.188.